The highest BCUT2D eigenvalue weighted by atomic mass is 35.5. The third kappa shape index (κ3) is 14.4. The smallest absolute Gasteiger partial charge is 0.389 e. The molecule has 4 rings (SSSR count). The van der Waals surface area contributed by atoms with Crippen LogP contribution in [0, 0.1) is 22.7 Å². The number of nitrogens with zero attached hydrogens (tertiary/aromatic N) is 5. The van der Waals surface area contributed by atoms with Crippen LogP contribution < -0.4 is 5.73 Å². The van der Waals surface area contributed by atoms with Gasteiger partial charge in [-0.25, -0.2) is 14.1 Å². The van der Waals surface area contributed by atoms with Gasteiger partial charge in [-0.05, 0) is 36.2 Å². The number of fused-ring (bicyclic) bond motifs is 1. The molecule has 308 valence electrons. The summed E-state index contributed by atoms with van der Waals surface area (Å²) in [6.07, 6.45) is 20.7. The Kier molecular flexibility index (Phi) is 19.5. The lowest BCUT2D eigenvalue weighted by molar-refractivity contribution is -0.0763. The summed E-state index contributed by atoms with van der Waals surface area (Å²) >= 11 is 6.22. The number of benzene rings is 1. The number of phosphoric ester groups is 1. The Bertz CT molecular complexity index is 1770. The summed E-state index contributed by atoms with van der Waals surface area (Å²) in [4.78, 5) is 14.6. The second-order valence-corrected chi connectivity index (χ2v) is 16.8. The fraction of sp³-hybridized carbons (Fsp3) is 0.659. The predicted molar refractivity (Wildman–Crippen MR) is 215 cm³/mol. The number of hydrogen-bond acceptors (Lipinski definition) is 11. The lowest BCUT2D eigenvalue weighted by Crippen LogP contribution is -2.42. The fourth-order valence-electron chi connectivity index (χ4n) is 7.09. The molecule has 1 aliphatic heterocycles. The van der Waals surface area contributed by atoms with Crippen molar-refractivity contribution in [3.63, 3.8) is 0 Å². The molecule has 0 spiro atoms. The van der Waals surface area contributed by atoms with Gasteiger partial charge in [0.05, 0.1) is 35.6 Å². The predicted octanol–water partition coefficient (Wildman–Crippen LogP) is 9.68. The highest BCUT2D eigenvalue weighted by Crippen LogP contribution is 2.47. The standard InChI is InChI=1S/C41H60ClN6O7P/c1-2-3-4-5-6-7-8-9-10-11-12-13-14-15-16-17-18-19-34(52-27-32-20-21-33(26-43)35(42)24-32)28-53-56(50,51)54-30-41(29-44)39(49)25-38(55-41)36-22-23-37-40(45)46-31-47-48(36)37/h20-24,31,34,38-39,49H,2-19,25,27-28,30H2,1H3,(H,50,51)(H2,45,46,47)/t34-,38-,39+,41-/m1/s1. The molecule has 1 unspecified atom stereocenters. The topological polar surface area (TPSA) is 198 Å². The molecule has 3 heterocycles. The molecule has 1 aliphatic rings. The molecule has 56 heavy (non-hydrogen) atoms. The van der Waals surface area contributed by atoms with E-state index in [2.05, 4.69) is 17.0 Å². The number of ether oxygens (including phenoxy) is 2. The zero-order valence-electron chi connectivity index (χ0n) is 32.8. The SMILES string of the molecule is CCCCCCCCCCCCCCCCCCC[C@H](COP(=O)(O)OC[C@@]1(C#N)O[C@@H](c2ccc3c(N)ncnn23)C[C@@H]1O)OCc1ccc(C#N)c(Cl)c1. The van der Waals surface area contributed by atoms with Gasteiger partial charge >= 0.3 is 7.82 Å². The van der Waals surface area contributed by atoms with Crippen molar-refractivity contribution in [1.29, 1.82) is 10.5 Å². The van der Waals surface area contributed by atoms with Gasteiger partial charge in [0, 0.05) is 6.42 Å². The normalized spacial score (nSPS) is 19.8. The van der Waals surface area contributed by atoms with Gasteiger partial charge < -0.3 is 25.2 Å². The van der Waals surface area contributed by atoms with Crippen LogP contribution in [0.15, 0.2) is 36.7 Å². The molecule has 0 amide bonds. The number of aromatic nitrogens is 3. The number of nitrogens with two attached hydrogens (primary N) is 1. The van der Waals surface area contributed by atoms with E-state index in [4.69, 9.17) is 35.9 Å². The van der Waals surface area contributed by atoms with E-state index in [9.17, 15) is 25.1 Å². The molecule has 1 saturated heterocycles. The van der Waals surface area contributed by atoms with Gasteiger partial charge in [-0.1, -0.05) is 134 Å². The second kappa shape index (κ2) is 24.0. The number of unbranched alkanes of at least 4 members (excludes halogenated alkanes) is 16. The number of nitrogen functional groups attached to an aromatic ring is 1. The number of rotatable bonds is 28. The second-order valence-electron chi connectivity index (χ2n) is 14.9. The molecule has 2 aromatic heterocycles. The molecular formula is C41H60ClN6O7P. The lowest BCUT2D eigenvalue weighted by Gasteiger charge is -2.26. The molecule has 0 bridgehead atoms. The maximum absolute atomic E-state index is 13.1. The van der Waals surface area contributed by atoms with Gasteiger partial charge in [0.15, 0.2) is 5.82 Å². The van der Waals surface area contributed by atoms with Crippen molar-refractivity contribution in [2.75, 3.05) is 18.9 Å². The van der Waals surface area contributed by atoms with E-state index in [1.807, 2.05) is 12.1 Å². The summed E-state index contributed by atoms with van der Waals surface area (Å²) in [5.41, 5.74) is 6.17. The minimum Gasteiger partial charge on any atom is -0.389 e. The number of halogens is 1. The quantitative estimate of drug-likeness (QED) is 0.0464. The Morgan fingerprint density at radius 3 is 2.20 bits per heavy atom. The van der Waals surface area contributed by atoms with Crippen molar-refractivity contribution >= 4 is 30.8 Å². The maximum Gasteiger partial charge on any atom is 0.472 e. The Hall–Kier alpha value is -3.10. The monoisotopic (exact) mass is 814 g/mol. The first-order valence-electron chi connectivity index (χ1n) is 20.4. The zero-order valence-corrected chi connectivity index (χ0v) is 34.5. The molecule has 0 aliphatic carbocycles. The average Bonchev–Trinajstić information content (AvgIpc) is 3.77. The molecule has 0 radical (unpaired) electrons. The van der Waals surface area contributed by atoms with Crippen LogP contribution in [0.3, 0.4) is 0 Å². The van der Waals surface area contributed by atoms with E-state index in [0.717, 1.165) is 24.8 Å². The largest absolute Gasteiger partial charge is 0.472 e. The van der Waals surface area contributed by atoms with Crippen molar-refractivity contribution in [2.24, 2.45) is 0 Å². The number of anilines is 1. The Balaban J connectivity index is 1.20. The van der Waals surface area contributed by atoms with E-state index in [1.165, 1.54) is 101 Å². The van der Waals surface area contributed by atoms with E-state index in [0.29, 0.717) is 28.2 Å². The minimum absolute atomic E-state index is 0.0121. The molecule has 1 fully saturated rings. The average molecular weight is 815 g/mol. The Morgan fingerprint density at radius 1 is 0.982 bits per heavy atom. The Morgan fingerprint density at radius 2 is 1.61 bits per heavy atom. The van der Waals surface area contributed by atoms with Crippen LogP contribution in [-0.2, 0) is 29.7 Å². The van der Waals surface area contributed by atoms with E-state index < -0.39 is 38.3 Å². The summed E-state index contributed by atoms with van der Waals surface area (Å²) in [7, 11) is -4.72. The number of aliphatic hydroxyl groups excluding tert-OH is 1. The summed E-state index contributed by atoms with van der Waals surface area (Å²) < 4.78 is 37.4. The van der Waals surface area contributed by atoms with Gasteiger partial charge in [0.2, 0.25) is 5.60 Å². The van der Waals surface area contributed by atoms with Gasteiger partial charge in [0.1, 0.15) is 42.8 Å². The molecule has 1 aromatic carbocycles. The van der Waals surface area contributed by atoms with Crippen LogP contribution in [0.1, 0.15) is 152 Å². The number of aliphatic hydroxyl groups is 1. The maximum atomic E-state index is 13.1. The third-order valence-corrected chi connectivity index (χ3v) is 11.7. The number of hydrogen-bond donors (Lipinski definition) is 3. The Labute approximate surface area is 337 Å². The van der Waals surface area contributed by atoms with Crippen molar-refractivity contribution < 1.29 is 33.1 Å². The molecule has 15 heteroatoms. The van der Waals surface area contributed by atoms with Gasteiger partial charge in [-0.2, -0.15) is 15.6 Å². The summed E-state index contributed by atoms with van der Waals surface area (Å²) in [6, 6.07) is 12.4. The molecule has 0 saturated carbocycles. The fourth-order valence-corrected chi connectivity index (χ4v) is 8.12. The van der Waals surface area contributed by atoms with Crippen LogP contribution in [0.25, 0.3) is 5.52 Å². The van der Waals surface area contributed by atoms with Crippen LogP contribution in [-0.4, -0.2) is 55.6 Å². The van der Waals surface area contributed by atoms with Crippen LogP contribution in [0.2, 0.25) is 5.02 Å². The number of phosphoric acid groups is 1. The molecule has 4 N–H and O–H groups in total. The highest BCUT2D eigenvalue weighted by molar-refractivity contribution is 7.47. The summed E-state index contributed by atoms with van der Waals surface area (Å²) in [5, 5.41) is 34.7. The first kappa shape index (κ1) is 45.6. The first-order chi connectivity index (χ1) is 27.1. The van der Waals surface area contributed by atoms with Crippen molar-refractivity contribution in [2.45, 2.75) is 159 Å². The van der Waals surface area contributed by atoms with E-state index in [1.54, 1.807) is 30.3 Å². The third-order valence-electron chi connectivity index (χ3n) is 10.5. The van der Waals surface area contributed by atoms with Gasteiger partial charge in [-0.15, -0.1) is 0 Å². The summed E-state index contributed by atoms with van der Waals surface area (Å²) in [6.45, 7) is 1.44. The summed E-state index contributed by atoms with van der Waals surface area (Å²) in [5.74, 6) is 0.256. The van der Waals surface area contributed by atoms with Crippen molar-refractivity contribution in [1.82, 2.24) is 14.6 Å². The van der Waals surface area contributed by atoms with Crippen LogP contribution >= 0.6 is 19.4 Å². The first-order valence-corrected chi connectivity index (χ1v) is 22.3. The molecule has 5 atom stereocenters. The molecule has 13 nitrogen and oxygen atoms in total. The van der Waals surface area contributed by atoms with Crippen LogP contribution in [0.5, 0.6) is 0 Å². The minimum atomic E-state index is -4.72. The molecule has 3 aromatic rings. The number of nitriles is 2. The van der Waals surface area contributed by atoms with Gasteiger partial charge in [-0.3, -0.25) is 9.05 Å². The van der Waals surface area contributed by atoms with E-state index in [-0.39, 0.29) is 25.5 Å². The van der Waals surface area contributed by atoms with Gasteiger partial charge in [0.25, 0.3) is 0 Å². The van der Waals surface area contributed by atoms with Crippen LogP contribution in [0.4, 0.5) is 5.82 Å². The van der Waals surface area contributed by atoms with E-state index >= 15 is 0 Å². The zero-order chi connectivity index (χ0) is 40.2. The van der Waals surface area contributed by atoms with Crippen molar-refractivity contribution in [3.8, 4) is 12.1 Å². The van der Waals surface area contributed by atoms with Crippen molar-refractivity contribution in [3.05, 3.63) is 58.5 Å². The lowest BCUT2D eigenvalue weighted by atomic mass is 9.99. The molecular weight excluding hydrogens is 755 g/mol. The highest BCUT2D eigenvalue weighted by Gasteiger charge is 2.51.